The fourth-order valence-corrected chi connectivity index (χ4v) is 1.84. The number of carbonyl (C=O) groups is 2. The van der Waals surface area contributed by atoms with Gasteiger partial charge in [0.15, 0.2) is 11.5 Å². The normalized spacial score (nSPS) is 10.5. The van der Waals surface area contributed by atoms with E-state index in [0.29, 0.717) is 24.2 Å². The van der Waals surface area contributed by atoms with Gasteiger partial charge in [-0.15, -0.1) is 6.58 Å². The van der Waals surface area contributed by atoms with E-state index in [2.05, 4.69) is 6.58 Å². The summed E-state index contributed by atoms with van der Waals surface area (Å²) in [7, 11) is 0. The van der Waals surface area contributed by atoms with Crippen molar-refractivity contribution in [1.82, 2.24) is 5.32 Å². The van der Waals surface area contributed by atoms with Crippen LogP contribution >= 0.6 is 0 Å². The Morgan fingerprint density at radius 1 is 1.52 bits per heavy atom. The number of allylic oxidation sites excluding steroid dienone is 1. The summed E-state index contributed by atoms with van der Waals surface area (Å²) in [5.41, 5.74) is 5.54. The van der Waals surface area contributed by atoms with E-state index in [4.69, 9.17) is 15.7 Å². The number of phenolic OH excluding ortho intramolecular Hbond substituents is 1. The quantitative estimate of drug-likeness (QED) is 0.418. The van der Waals surface area contributed by atoms with Gasteiger partial charge in [-0.3, -0.25) is 10.1 Å². The van der Waals surface area contributed by atoms with Gasteiger partial charge in [0.1, 0.15) is 11.6 Å². The molecule has 0 heterocycles. The zero-order chi connectivity index (χ0) is 17.4. The Morgan fingerprint density at radius 3 is 2.74 bits per heavy atom. The number of hydrogen-bond acceptors (Lipinski definition) is 5. The summed E-state index contributed by atoms with van der Waals surface area (Å²) >= 11 is 0. The van der Waals surface area contributed by atoms with Crippen LogP contribution in [0.5, 0.6) is 11.5 Å². The number of nitrogens with two attached hydrogens (primary N) is 1. The molecule has 23 heavy (non-hydrogen) atoms. The highest BCUT2D eigenvalue weighted by atomic mass is 16.5. The van der Waals surface area contributed by atoms with Crippen molar-refractivity contribution in [2.24, 2.45) is 5.73 Å². The summed E-state index contributed by atoms with van der Waals surface area (Å²) in [5.74, 6) is -0.703. The van der Waals surface area contributed by atoms with E-state index in [1.54, 1.807) is 25.1 Å². The van der Waals surface area contributed by atoms with Crippen LogP contribution in [-0.2, 0) is 11.2 Å². The third-order valence-electron chi connectivity index (χ3n) is 2.75. The number of phenols is 1. The van der Waals surface area contributed by atoms with E-state index in [9.17, 15) is 14.7 Å². The lowest BCUT2D eigenvalue weighted by molar-refractivity contribution is -0.115. The standard InChI is InChI=1S/C16H17N3O4/c1-3-5-11-6-10(8-13(14(11)20)23-4-2)7-12(9-17)15(21)19-16(18)22/h3,6-8,20H,1,4-5H2,2H3,(H3,18,19,21,22)/b12-7-. The average Bonchev–Trinajstić information content (AvgIpc) is 2.48. The molecule has 0 atom stereocenters. The van der Waals surface area contributed by atoms with Crippen LogP contribution in [0.4, 0.5) is 4.79 Å². The number of aromatic hydroxyl groups is 1. The fourth-order valence-electron chi connectivity index (χ4n) is 1.84. The van der Waals surface area contributed by atoms with Crippen molar-refractivity contribution in [3.8, 4) is 17.6 Å². The van der Waals surface area contributed by atoms with E-state index >= 15 is 0 Å². The van der Waals surface area contributed by atoms with Crippen molar-refractivity contribution in [1.29, 1.82) is 5.26 Å². The number of primary amides is 1. The van der Waals surface area contributed by atoms with E-state index in [1.807, 2.05) is 5.32 Å². The number of hydrogen-bond donors (Lipinski definition) is 3. The number of benzene rings is 1. The summed E-state index contributed by atoms with van der Waals surface area (Å²) in [5, 5.41) is 21.0. The topological polar surface area (TPSA) is 125 Å². The number of rotatable bonds is 6. The molecule has 7 heteroatoms. The second kappa shape index (κ2) is 8.24. The second-order valence-electron chi connectivity index (χ2n) is 4.44. The van der Waals surface area contributed by atoms with Crippen molar-refractivity contribution in [2.45, 2.75) is 13.3 Å². The number of urea groups is 1. The first-order valence-corrected chi connectivity index (χ1v) is 6.75. The number of imide groups is 1. The minimum Gasteiger partial charge on any atom is -0.504 e. The number of nitriles is 1. The van der Waals surface area contributed by atoms with Gasteiger partial charge in [-0.2, -0.15) is 5.26 Å². The Labute approximate surface area is 133 Å². The van der Waals surface area contributed by atoms with Crippen molar-refractivity contribution < 1.29 is 19.4 Å². The Morgan fingerprint density at radius 2 is 2.22 bits per heavy atom. The number of amides is 3. The molecular weight excluding hydrogens is 298 g/mol. The van der Waals surface area contributed by atoms with E-state index in [1.165, 1.54) is 12.1 Å². The average molecular weight is 315 g/mol. The maximum Gasteiger partial charge on any atom is 0.319 e. The minimum atomic E-state index is -1.05. The van der Waals surface area contributed by atoms with Gasteiger partial charge in [-0.05, 0) is 37.1 Å². The monoisotopic (exact) mass is 315 g/mol. The lowest BCUT2D eigenvalue weighted by atomic mass is 10.0. The lowest BCUT2D eigenvalue weighted by Gasteiger charge is -2.11. The van der Waals surface area contributed by atoms with Gasteiger partial charge in [0.2, 0.25) is 0 Å². The highest BCUT2D eigenvalue weighted by Crippen LogP contribution is 2.33. The first-order chi connectivity index (χ1) is 10.9. The van der Waals surface area contributed by atoms with Crippen LogP contribution in [0.1, 0.15) is 18.1 Å². The van der Waals surface area contributed by atoms with Crippen LogP contribution in [0.3, 0.4) is 0 Å². The summed E-state index contributed by atoms with van der Waals surface area (Å²) < 4.78 is 5.33. The molecular formula is C16H17N3O4. The largest absolute Gasteiger partial charge is 0.504 e. The van der Waals surface area contributed by atoms with Gasteiger partial charge < -0.3 is 15.6 Å². The molecule has 0 saturated carbocycles. The molecule has 0 bridgehead atoms. The molecule has 1 aromatic rings. The molecule has 3 amide bonds. The summed E-state index contributed by atoms with van der Waals surface area (Å²) in [6.07, 6.45) is 3.25. The van der Waals surface area contributed by atoms with Gasteiger partial charge in [-0.1, -0.05) is 6.08 Å². The van der Waals surface area contributed by atoms with Crippen molar-refractivity contribution in [3.63, 3.8) is 0 Å². The van der Waals surface area contributed by atoms with E-state index < -0.39 is 11.9 Å². The highest BCUT2D eigenvalue weighted by molar-refractivity contribution is 6.08. The van der Waals surface area contributed by atoms with Gasteiger partial charge in [0.05, 0.1) is 6.61 Å². The Kier molecular flexibility index (Phi) is 6.37. The van der Waals surface area contributed by atoms with Crippen LogP contribution in [0.25, 0.3) is 6.08 Å². The number of carbonyl (C=O) groups excluding carboxylic acids is 2. The molecule has 1 rings (SSSR count). The van der Waals surface area contributed by atoms with Crippen LogP contribution < -0.4 is 15.8 Å². The first kappa shape index (κ1) is 17.8. The Hall–Kier alpha value is -3.27. The Balaban J connectivity index is 3.32. The van der Waals surface area contributed by atoms with E-state index in [0.717, 1.165) is 0 Å². The SMILES string of the molecule is C=CCc1cc(/C=C(/C#N)C(=O)NC(N)=O)cc(OCC)c1O. The second-order valence-corrected chi connectivity index (χ2v) is 4.44. The predicted octanol–water partition coefficient (Wildman–Crippen LogP) is 1.62. The smallest absolute Gasteiger partial charge is 0.319 e. The van der Waals surface area contributed by atoms with Crippen LogP contribution in [0.15, 0.2) is 30.4 Å². The zero-order valence-corrected chi connectivity index (χ0v) is 12.6. The molecule has 1 aromatic carbocycles. The molecule has 0 fully saturated rings. The molecule has 0 aromatic heterocycles. The molecule has 0 aliphatic carbocycles. The lowest BCUT2D eigenvalue weighted by Crippen LogP contribution is -2.35. The number of nitrogens with zero attached hydrogens (tertiary/aromatic N) is 1. The number of nitrogens with one attached hydrogen (secondary N) is 1. The Bertz CT molecular complexity index is 702. The summed E-state index contributed by atoms with van der Waals surface area (Å²) in [6.45, 7) is 5.70. The van der Waals surface area contributed by atoms with E-state index in [-0.39, 0.29) is 17.1 Å². The third kappa shape index (κ3) is 4.89. The van der Waals surface area contributed by atoms with Crippen molar-refractivity contribution in [2.75, 3.05) is 6.61 Å². The minimum absolute atomic E-state index is 0.0241. The molecule has 120 valence electrons. The molecule has 7 nitrogen and oxygen atoms in total. The van der Waals surface area contributed by atoms with Gasteiger partial charge in [0.25, 0.3) is 5.91 Å². The van der Waals surface area contributed by atoms with Crippen LogP contribution in [0.2, 0.25) is 0 Å². The molecule has 0 aliphatic heterocycles. The third-order valence-corrected chi connectivity index (χ3v) is 2.75. The van der Waals surface area contributed by atoms with Gasteiger partial charge >= 0.3 is 6.03 Å². The molecule has 0 saturated heterocycles. The van der Waals surface area contributed by atoms with Crippen molar-refractivity contribution in [3.05, 3.63) is 41.5 Å². The van der Waals surface area contributed by atoms with Gasteiger partial charge in [-0.25, -0.2) is 4.79 Å². The molecule has 4 N–H and O–H groups in total. The summed E-state index contributed by atoms with van der Waals surface area (Å²) in [6, 6.07) is 3.72. The van der Waals surface area contributed by atoms with Gasteiger partial charge in [0, 0.05) is 5.56 Å². The summed E-state index contributed by atoms with van der Waals surface area (Å²) in [4.78, 5) is 22.4. The zero-order valence-electron chi connectivity index (χ0n) is 12.6. The highest BCUT2D eigenvalue weighted by Gasteiger charge is 2.14. The molecule has 0 radical (unpaired) electrons. The van der Waals surface area contributed by atoms with Crippen LogP contribution in [-0.4, -0.2) is 23.7 Å². The molecule has 0 aliphatic rings. The van der Waals surface area contributed by atoms with Crippen LogP contribution in [0, 0.1) is 11.3 Å². The maximum atomic E-state index is 11.7. The predicted molar refractivity (Wildman–Crippen MR) is 84.5 cm³/mol. The fraction of sp³-hybridized carbons (Fsp3) is 0.188. The maximum absolute atomic E-state index is 11.7. The van der Waals surface area contributed by atoms with Crippen molar-refractivity contribution >= 4 is 18.0 Å². The molecule has 0 spiro atoms. The first-order valence-electron chi connectivity index (χ1n) is 6.75. The molecule has 0 unspecified atom stereocenters. The number of ether oxygens (including phenoxy) is 1.